The van der Waals surface area contributed by atoms with E-state index in [0.717, 1.165) is 22.1 Å². The Kier molecular flexibility index (Phi) is 5.23. The predicted octanol–water partition coefficient (Wildman–Crippen LogP) is 4.21. The molecule has 1 N–H and O–H groups in total. The fourth-order valence-corrected chi connectivity index (χ4v) is 2.87. The maximum atomic E-state index is 12.0. The first-order chi connectivity index (χ1) is 11.7. The molecular formula is C19H18N2O2S. The van der Waals surface area contributed by atoms with Crippen LogP contribution in [0.2, 0.25) is 0 Å². The van der Waals surface area contributed by atoms with Crippen molar-refractivity contribution in [2.24, 2.45) is 0 Å². The van der Waals surface area contributed by atoms with Crippen molar-refractivity contribution >= 4 is 22.9 Å². The summed E-state index contributed by atoms with van der Waals surface area (Å²) in [5.74, 6) is 0.747. The van der Waals surface area contributed by atoms with Crippen molar-refractivity contribution in [3.05, 3.63) is 76.2 Å². The minimum atomic E-state index is -0.0718. The van der Waals surface area contributed by atoms with Crippen LogP contribution < -0.4 is 10.1 Å². The summed E-state index contributed by atoms with van der Waals surface area (Å²) in [5, 5.41) is 5.62. The molecule has 1 aromatic heterocycles. The number of carbonyl (C=O) groups excluding carboxylic acids is 1. The second-order valence-corrected chi connectivity index (χ2v) is 6.37. The summed E-state index contributed by atoms with van der Waals surface area (Å²) in [6.07, 6.45) is 0.260. The molecule has 1 amide bonds. The maximum Gasteiger partial charge on any atom is 0.230 e. The van der Waals surface area contributed by atoms with E-state index in [0.29, 0.717) is 6.61 Å². The Balaban J connectivity index is 1.51. The van der Waals surface area contributed by atoms with E-state index in [-0.39, 0.29) is 12.3 Å². The van der Waals surface area contributed by atoms with Crippen LogP contribution >= 0.6 is 11.3 Å². The zero-order valence-electron chi connectivity index (χ0n) is 13.4. The highest BCUT2D eigenvalue weighted by Gasteiger charge is 2.08. The molecule has 0 saturated heterocycles. The Morgan fingerprint density at radius 3 is 2.62 bits per heavy atom. The van der Waals surface area contributed by atoms with Gasteiger partial charge in [-0.2, -0.15) is 0 Å². The molecule has 2 aromatic carbocycles. The zero-order valence-corrected chi connectivity index (χ0v) is 14.2. The van der Waals surface area contributed by atoms with Gasteiger partial charge in [0.25, 0.3) is 0 Å². The summed E-state index contributed by atoms with van der Waals surface area (Å²) in [5.41, 5.74) is 2.75. The molecule has 4 nitrogen and oxygen atoms in total. The fourth-order valence-electron chi connectivity index (χ4n) is 2.17. The third-order valence-corrected chi connectivity index (χ3v) is 4.25. The summed E-state index contributed by atoms with van der Waals surface area (Å²) < 4.78 is 5.71. The molecular weight excluding hydrogens is 320 g/mol. The first kappa shape index (κ1) is 16.2. The lowest BCUT2D eigenvalue weighted by Gasteiger charge is -2.04. The Morgan fingerprint density at radius 1 is 1.12 bits per heavy atom. The SMILES string of the molecule is Cc1ccc(OCc2nc(CC(=O)Nc3ccccc3)cs2)cc1. The fraction of sp³-hybridized carbons (Fsp3) is 0.158. The molecule has 0 aliphatic rings. The van der Waals surface area contributed by atoms with Crippen LogP contribution in [0.3, 0.4) is 0 Å². The van der Waals surface area contributed by atoms with Gasteiger partial charge in [0.1, 0.15) is 17.4 Å². The van der Waals surface area contributed by atoms with Gasteiger partial charge in [-0.05, 0) is 31.2 Å². The van der Waals surface area contributed by atoms with Gasteiger partial charge in [-0.15, -0.1) is 11.3 Å². The number of nitrogens with zero attached hydrogens (tertiary/aromatic N) is 1. The zero-order chi connectivity index (χ0) is 16.8. The summed E-state index contributed by atoms with van der Waals surface area (Å²) in [6.45, 7) is 2.45. The molecule has 0 bridgehead atoms. The smallest absolute Gasteiger partial charge is 0.230 e. The van der Waals surface area contributed by atoms with E-state index in [9.17, 15) is 4.79 Å². The average molecular weight is 338 g/mol. The van der Waals surface area contributed by atoms with Crippen molar-refractivity contribution in [3.63, 3.8) is 0 Å². The number of rotatable bonds is 6. The summed E-state index contributed by atoms with van der Waals surface area (Å²) in [4.78, 5) is 16.5. The van der Waals surface area contributed by atoms with Crippen LogP contribution in [-0.4, -0.2) is 10.9 Å². The molecule has 5 heteroatoms. The highest BCUT2D eigenvalue weighted by molar-refractivity contribution is 7.09. The first-order valence-electron chi connectivity index (χ1n) is 7.67. The number of anilines is 1. The third-order valence-electron chi connectivity index (χ3n) is 3.38. The van der Waals surface area contributed by atoms with Crippen LogP contribution in [0.25, 0.3) is 0 Å². The molecule has 0 aliphatic carbocycles. The maximum absolute atomic E-state index is 12.0. The van der Waals surface area contributed by atoms with Crippen LogP contribution in [0.15, 0.2) is 60.0 Å². The van der Waals surface area contributed by atoms with Gasteiger partial charge in [0.2, 0.25) is 5.91 Å². The van der Waals surface area contributed by atoms with Crippen molar-refractivity contribution in [3.8, 4) is 5.75 Å². The average Bonchev–Trinajstić information content (AvgIpc) is 3.02. The second-order valence-electron chi connectivity index (χ2n) is 5.43. The second kappa shape index (κ2) is 7.75. The van der Waals surface area contributed by atoms with Gasteiger partial charge >= 0.3 is 0 Å². The first-order valence-corrected chi connectivity index (χ1v) is 8.55. The minimum absolute atomic E-state index is 0.0718. The molecule has 0 aliphatic heterocycles. The Hall–Kier alpha value is -2.66. The van der Waals surface area contributed by atoms with E-state index in [1.165, 1.54) is 16.9 Å². The van der Waals surface area contributed by atoms with Gasteiger partial charge in [-0.25, -0.2) is 4.98 Å². The largest absolute Gasteiger partial charge is 0.486 e. The van der Waals surface area contributed by atoms with E-state index in [1.54, 1.807) is 0 Å². The summed E-state index contributed by atoms with van der Waals surface area (Å²) in [6, 6.07) is 17.3. The molecule has 0 spiro atoms. The van der Waals surface area contributed by atoms with Crippen LogP contribution in [0.4, 0.5) is 5.69 Å². The molecule has 3 rings (SSSR count). The van der Waals surface area contributed by atoms with Crippen molar-refractivity contribution in [1.29, 1.82) is 0 Å². The van der Waals surface area contributed by atoms with Crippen LogP contribution in [0, 0.1) is 6.92 Å². The third kappa shape index (κ3) is 4.67. The van der Waals surface area contributed by atoms with Crippen LogP contribution in [0.5, 0.6) is 5.75 Å². The minimum Gasteiger partial charge on any atom is -0.486 e. The highest BCUT2D eigenvalue weighted by atomic mass is 32.1. The topological polar surface area (TPSA) is 51.2 Å². The van der Waals surface area contributed by atoms with Crippen LogP contribution in [-0.2, 0) is 17.8 Å². The lowest BCUT2D eigenvalue weighted by atomic mass is 10.2. The Bertz CT molecular complexity index is 798. The standard InChI is InChI=1S/C19H18N2O2S/c1-14-7-9-17(10-8-14)23-12-19-21-16(13-24-19)11-18(22)20-15-5-3-2-4-6-15/h2-10,13H,11-12H2,1H3,(H,20,22). The highest BCUT2D eigenvalue weighted by Crippen LogP contribution is 2.16. The van der Waals surface area contributed by atoms with Gasteiger partial charge in [0.15, 0.2) is 0 Å². The van der Waals surface area contributed by atoms with E-state index < -0.39 is 0 Å². The van der Waals surface area contributed by atoms with Crippen molar-refractivity contribution < 1.29 is 9.53 Å². The lowest BCUT2D eigenvalue weighted by Crippen LogP contribution is -2.14. The number of carbonyl (C=O) groups is 1. The Labute approximate surface area is 145 Å². The normalized spacial score (nSPS) is 10.4. The molecule has 3 aromatic rings. The quantitative estimate of drug-likeness (QED) is 0.732. The number of hydrogen-bond acceptors (Lipinski definition) is 4. The molecule has 122 valence electrons. The van der Waals surface area contributed by atoms with E-state index >= 15 is 0 Å². The van der Waals surface area contributed by atoms with E-state index in [1.807, 2.05) is 66.9 Å². The Morgan fingerprint density at radius 2 is 1.88 bits per heavy atom. The molecule has 0 fully saturated rings. The number of benzene rings is 2. The number of para-hydroxylation sites is 1. The number of aryl methyl sites for hydroxylation is 1. The van der Waals surface area contributed by atoms with Gasteiger partial charge in [-0.1, -0.05) is 35.9 Å². The number of ether oxygens (including phenoxy) is 1. The molecule has 0 radical (unpaired) electrons. The van der Waals surface area contributed by atoms with Crippen molar-refractivity contribution in [1.82, 2.24) is 4.98 Å². The lowest BCUT2D eigenvalue weighted by molar-refractivity contribution is -0.115. The van der Waals surface area contributed by atoms with Gasteiger partial charge in [0, 0.05) is 11.1 Å². The summed E-state index contributed by atoms with van der Waals surface area (Å²) in [7, 11) is 0. The van der Waals surface area contributed by atoms with Gasteiger partial charge in [-0.3, -0.25) is 4.79 Å². The van der Waals surface area contributed by atoms with Crippen molar-refractivity contribution in [2.45, 2.75) is 20.0 Å². The number of thiazole rings is 1. The number of hydrogen-bond donors (Lipinski definition) is 1. The van der Waals surface area contributed by atoms with Crippen molar-refractivity contribution in [2.75, 3.05) is 5.32 Å². The molecule has 24 heavy (non-hydrogen) atoms. The monoisotopic (exact) mass is 338 g/mol. The molecule has 0 unspecified atom stereocenters. The number of aromatic nitrogens is 1. The molecule has 1 heterocycles. The van der Waals surface area contributed by atoms with E-state index in [4.69, 9.17) is 4.74 Å². The van der Waals surface area contributed by atoms with E-state index in [2.05, 4.69) is 10.3 Å². The number of amides is 1. The number of nitrogens with one attached hydrogen (secondary N) is 1. The van der Waals surface area contributed by atoms with Gasteiger partial charge < -0.3 is 10.1 Å². The summed E-state index contributed by atoms with van der Waals surface area (Å²) >= 11 is 1.50. The molecule has 0 atom stereocenters. The van der Waals surface area contributed by atoms with Gasteiger partial charge in [0.05, 0.1) is 12.1 Å². The van der Waals surface area contributed by atoms with Crippen LogP contribution in [0.1, 0.15) is 16.3 Å². The predicted molar refractivity (Wildman–Crippen MR) is 96.4 cm³/mol. The molecule has 0 saturated carbocycles.